The minimum Gasteiger partial charge on any atom is -0.436 e. The van der Waals surface area contributed by atoms with E-state index in [1.807, 2.05) is 44.2 Å². The van der Waals surface area contributed by atoms with E-state index in [1.165, 1.54) is 5.56 Å². The molecule has 0 aliphatic carbocycles. The molecular formula is C25H23ClN2O2. The highest BCUT2D eigenvalue weighted by Gasteiger charge is 2.14. The summed E-state index contributed by atoms with van der Waals surface area (Å²) in [5.74, 6) is 0.738. The first-order chi connectivity index (χ1) is 14.3. The highest BCUT2D eigenvalue weighted by molar-refractivity contribution is 6.31. The first-order valence-electron chi connectivity index (χ1n) is 9.91. The fourth-order valence-electron chi connectivity index (χ4n) is 3.25. The second kappa shape index (κ2) is 7.96. The van der Waals surface area contributed by atoms with Gasteiger partial charge in [0.25, 0.3) is 5.91 Å². The topological polar surface area (TPSA) is 55.1 Å². The Hall–Kier alpha value is -3.11. The number of hydrogen-bond acceptors (Lipinski definition) is 3. The van der Waals surface area contributed by atoms with Gasteiger partial charge in [-0.05, 0) is 72.9 Å². The number of halogens is 1. The van der Waals surface area contributed by atoms with E-state index >= 15 is 0 Å². The lowest BCUT2D eigenvalue weighted by Crippen LogP contribution is -2.13. The van der Waals surface area contributed by atoms with Gasteiger partial charge in [-0.25, -0.2) is 4.98 Å². The van der Waals surface area contributed by atoms with Gasteiger partial charge in [-0.1, -0.05) is 43.6 Å². The van der Waals surface area contributed by atoms with Crippen LogP contribution in [-0.4, -0.2) is 10.9 Å². The summed E-state index contributed by atoms with van der Waals surface area (Å²) < 4.78 is 5.96. The maximum Gasteiger partial charge on any atom is 0.255 e. The zero-order valence-corrected chi connectivity index (χ0v) is 18.2. The van der Waals surface area contributed by atoms with Gasteiger partial charge in [0.05, 0.1) is 0 Å². The predicted octanol–water partition coefficient (Wildman–Crippen LogP) is 7.14. The summed E-state index contributed by atoms with van der Waals surface area (Å²) in [6, 6.07) is 17.1. The number of aryl methyl sites for hydroxylation is 2. The molecule has 0 fully saturated rings. The lowest BCUT2D eigenvalue weighted by molar-refractivity contribution is 0.102. The Morgan fingerprint density at radius 3 is 2.50 bits per heavy atom. The van der Waals surface area contributed by atoms with E-state index in [-0.39, 0.29) is 5.91 Å². The number of nitrogens with zero attached hydrogens (tertiary/aromatic N) is 1. The summed E-state index contributed by atoms with van der Waals surface area (Å²) in [6.45, 7) is 8.15. The van der Waals surface area contributed by atoms with Crippen LogP contribution in [-0.2, 0) is 0 Å². The number of hydrogen-bond donors (Lipinski definition) is 1. The number of anilines is 1. The second-order valence-electron chi connectivity index (χ2n) is 7.85. The molecule has 1 amide bonds. The van der Waals surface area contributed by atoms with E-state index in [0.29, 0.717) is 28.1 Å². The Balaban J connectivity index is 1.65. The third-order valence-corrected chi connectivity index (χ3v) is 5.65. The highest BCUT2D eigenvalue weighted by Crippen LogP contribution is 2.30. The SMILES string of the molecule is Cc1ccc(C(=O)Nc2cc(-c3nc4cc(C(C)C)ccc4o3)ccc2C)cc1Cl. The number of benzene rings is 3. The molecule has 0 saturated heterocycles. The Morgan fingerprint density at radius 2 is 1.77 bits per heavy atom. The molecule has 4 nitrogen and oxygen atoms in total. The summed E-state index contributed by atoms with van der Waals surface area (Å²) in [4.78, 5) is 17.4. The van der Waals surface area contributed by atoms with Gasteiger partial charge >= 0.3 is 0 Å². The third-order valence-electron chi connectivity index (χ3n) is 5.25. The maximum atomic E-state index is 12.7. The van der Waals surface area contributed by atoms with Gasteiger partial charge in [0.2, 0.25) is 5.89 Å². The van der Waals surface area contributed by atoms with E-state index in [0.717, 1.165) is 27.8 Å². The summed E-state index contributed by atoms with van der Waals surface area (Å²) in [6.07, 6.45) is 0. The number of rotatable bonds is 4. The quantitative estimate of drug-likeness (QED) is 0.383. The van der Waals surface area contributed by atoms with Crippen LogP contribution in [0.15, 0.2) is 59.0 Å². The minimum atomic E-state index is -0.212. The Labute approximate surface area is 180 Å². The van der Waals surface area contributed by atoms with Gasteiger partial charge in [0, 0.05) is 21.8 Å². The lowest BCUT2D eigenvalue weighted by Gasteiger charge is -2.10. The van der Waals surface area contributed by atoms with Crippen molar-refractivity contribution < 1.29 is 9.21 Å². The molecule has 152 valence electrons. The molecule has 0 spiro atoms. The van der Waals surface area contributed by atoms with Crippen LogP contribution in [0.4, 0.5) is 5.69 Å². The van der Waals surface area contributed by atoms with Crippen molar-refractivity contribution in [1.82, 2.24) is 4.98 Å². The average molecular weight is 419 g/mol. The van der Waals surface area contributed by atoms with Crippen molar-refractivity contribution in [2.45, 2.75) is 33.6 Å². The first kappa shape index (κ1) is 20.2. The van der Waals surface area contributed by atoms with Crippen molar-refractivity contribution in [3.8, 4) is 11.5 Å². The molecule has 1 N–H and O–H groups in total. The monoisotopic (exact) mass is 418 g/mol. The number of oxazole rings is 1. The van der Waals surface area contributed by atoms with Gasteiger partial charge < -0.3 is 9.73 Å². The molecule has 3 aromatic carbocycles. The number of carbonyl (C=O) groups is 1. The molecule has 0 bridgehead atoms. The van der Waals surface area contributed by atoms with E-state index < -0.39 is 0 Å². The van der Waals surface area contributed by atoms with Crippen molar-refractivity contribution in [2.75, 3.05) is 5.32 Å². The van der Waals surface area contributed by atoms with Gasteiger partial charge in [-0.2, -0.15) is 0 Å². The smallest absolute Gasteiger partial charge is 0.255 e. The summed E-state index contributed by atoms with van der Waals surface area (Å²) in [7, 11) is 0. The van der Waals surface area contributed by atoms with Crippen molar-refractivity contribution in [3.05, 3.63) is 81.9 Å². The normalized spacial score (nSPS) is 11.3. The summed E-state index contributed by atoms with van der Waals surface area (Å²) in [5, 5.41) is 3.54. The van der Waals surface area contributed by atoms with Crippen LogP contribution in [0.5, 0.6) is 0 Å². The van der Waals surface area contributed by atoms with Gasteiger partial charge in [-0.3, -0.25) is 4.79 Å². The minimum absolute atomic E-state index is 0.212. The van der Waals surface area contributed by atoms with Crippen LogP contribution >= 0.6 is 11.6 Å². The van der Waals surface area contributed by atoms with Crippen molar-refractivity contribution in [2.24, 2.45) is 0 Å². The predicted molar refractivity (Wildman–Crippen MR) is 122 cm³/mol. The molecule has 0 radical (unpaired) electrons. The summed E-state index contributed by atoms with van der Waals surface area (Å²) in [5.41, 5.74) is 6.70. The Morgan fingerprint density at radius 1 is 1.00 bits per heavy atom. The fraction of sp³-hybridized carbons (Fsp3) is 0.200. The Kier molecular flexibility index (Phi) is 5.35. The molecule has 4 aromatic rings. The first-order valence-corrected chi connectivity index (χ1v) is 10.3. The van der Waals surface area contributed by atoms with E-state index in [4.69, 9.17) is 16.0 Å². The van der Waals surface area contributed by atoms with Crippen LogP contribution in [0, 0.1) is 13.8 Å². The third kappa shape index (κ3) is 3.96. The zero-order chi connectivity index (χ0) is 21.4. The number of carbonyl (C=O) groups excluding carboxylic acids is 1. The molecule has 1 aromatic heterocycles. The second-order valence-corrected chi connectivity index (χ2v) is 8.26. The van der Waals surface area contributed by atoms with Crippen LogP contribution in [0.1, 0.15) is 46.8 Å². The number of nitrogens with one attached hydrogen (secondary N) is 1. The van der Waals surface area contributed by atoms with Crippen molar-refractivity contribution in [1.29, 1.82) is 0 Å². The van der Waals surface area contributed by atoms with E-state index in [2.05, 4.69) is 36.3 Å². The molecule has 1 heterocycles. The van der Waals surface area contributed by atoms with Gasteiger partial charge in [-0.15, -0.1) is 0 Å². The standard InChI is InChI=1S/C25H23ClN2O2/c1-14(2)17-9-10-23-22(12-17)28-25(30-23)19-8-6-16(4)21(13-19)27-24(29)18-7-5-15(3)20(26)11-18/h5-14H,1-4H3,(H,27,29). The molecule has 4 rings (SSSR count). The van der Waals surface area contributed by atoms with Crippen molar-refractivity contribution in [3.63, 3.8) is 0 Å². The molecule has 5 heteroatoms. The molecule has 0 aliphatic rings. The molecule has 0 saturated carbocycles. The lowest BCUT2D eigenvalue weighted by atomic mass is 10.0. The van der Waals surface area contributed by atoms with Crippen LogP contribution < -0.4 is 5.32 Å². The number of fused-ring (bicyclic) bond motifs is 1. The fourth-order valence-corrected chi connectivity index (χ4v) is 3.43. The zero-order valence-electron chi connectivity index (χ0n) is 17.4. The molecule has 30 heavy (non-hydrogen) atoms. The molecule has 0 aliphatic heterocycles. The number of aromatic nitrogens is 1. The molecular weight excluding hydrogens is 396 g/mol. The van der Waals surface area contributed by atoms with Crippen molar-refractivity contribution >= 4 is 34.3 Å². The largest absolute Gasteiger partial charge is 0.436 e. The maximum absolute atomic E-state index is 12.7. The van der Waals surface area contributed by atoms with Crippen LogP contribution in [0.25, 0.3) is 22.6 Å². The number of amides is 1. The highest BCUT2D eigenvalue weighted by atomic mass is 35.5. The van der Waals surface area contributed by atoms with Crippen LogP contribution in [0.3, 0.4) is 0 Å². The average Bonchev–Trinajstić information content (AvgIpc) is 3.14. The molecule has 0 atom stereocenters. The van der Waals surface area contributed by atoms with Crippen LogP contribution in [0.2, 0.25) is 5.02 Å². The Bertz CT molecular complexity index is 1260. The molecule has 0 unspecified atom stereocenters. The van der Waals surface area contributed by atoms with E-state index in [9.17, 15) is 4.79 Å². The van der Waals surface area contributed by atoms with Gasteiger partial charge in [0.15, 0.2) is 5.58 Å². The van der Waals surface area contributed by atoms with Gasteiger partial charge in [0.1, 0.15) is 5.52 Å². The van der Waals surface area contributed by atoms with E-state index in [1.54, 1.807) is 12.1 Å². The summed E-state index contributed by atoms with van der Waals surface area (Å²) >= 11 is 6.17.